The lowest BCUT2D eigenvalue weighted by molar-refractivity contribution is -0.170. The summed E-state index contributed by atoms with van der Waals surface area (Å²) in [6.07, 6.45) is 0. The van der Waals surface area contributed by atoms with Crippen molar-refractivity contribution >= 4 is 11.9 Å². The number of carbonyl (C=O) groups excluding carboxylic acids is 2. The summed E-state index contributed by atoms with van der Waals surface area (Å²) >= 11 is 0. The Labute approximate surface area is 185 Å². The molecule has 0 radical (unpaired) electrons. The van der Waals surface area contributed by atoms with Crippen molar-refractivity contribution in [3.8, 4) is 0 Å². The fraction of sp³-hybridized carbons (Fsp3) is 0.917. The van der Waals surface area contributed by atoms with Crippen LogP contribution in [0.5, 0.6) is 0 Å². The fourth-order valence-corrected chi connectivity index (χ4v) is 3.97. The van der Waals surface area contributed by atoms with Gasteiger partial charge in [0.15, 0.2) is 0 Å². The molecule has 2 atom stereocenters. The summed E-state index contributed by atoms with van der Waals surface area (Å²) in [5.74, 6) is -0.273. The zero-order chi connectivity index (χ0) is 23.8. The molecule has 0 aromatic carbocycles. The van der Waals surface area contributed by atoms with Crippen LogP contribution < -0.4 is 0 Å². The lowest BCUT2D eigenvalue weighted by atomic mass is 9.98. The first-order chi connectivity index (χ1) is 13.7. The Kier molecular flexibility index (Phi) is 12.8. The maximum Gasteiger partial charge on any atom is 0.325 e. The number of hydrogen-bond donors (Lipinski definition) is 0. The molecule has 0 saturated heterocycles. The zero-order valence-corrected chi connectivity index (χ0v) is 21.6. The van der Waals surface area contributed by atoms with E-state index in [1.54, 1.807) is 0 Å². The van der Waals surface area contributed by atoms with Gasteiger partial charge >= 0.3 is 11.9 Å². The highest BCUT2D eigenvalue weighted by Gasteiger charge is 2.47. The number of rotatable bonds is 13. The van der Waals surface area contributed by atoms with Crippen molar-refractivity contribution in [1.29, 1.82) is 0 Å². The monoisotopic (exact) mass is 428 g/mol. The lowest BCUT2D eigenvalue weighted by Gasteiger charge is -2.45. The Morgan fingerprint density at radius 2 is 0.767 bits per heavy atom. The zero-order valence-electron chi connectivity index (χ0n) is 21.6. The second-order valence-corrected chi connectivity index (χ2v) is 10.2. The molecule has 0 fully saturated rings. The Balaban J connectivity index is 6.44. The van der Waals surface area contributed by atoms with Gasteiger partial charge in [-0.3, -0.25) is 19.4 Å². The third-order valence-electron chi connectivity index (χ3n) is 4.93. The van der Waals surface area contributed by atoms with E-state index in [1.165, 1.54) is 0 Å². The number of esters is 2. The van der Waals surface area contributed by atoms with E-state index in [4.69, 9.17) is 9.47 Å². The number of ether oxygens (including phenoxy) is 2. The predicted octanol–water partition coefficient (Wildman–Crippen LogP) is 4.36. The summed E-state index contributed by atoms with van der Waals surface area (Å²) < 4.78 is 11.4. The van der Waals surface area contributed by atoms with Crippen molar-refractivity contribution in [3.63, 3.8) is 0 Å². The molecule has 6 heteroatoms. The van der Waals surface area contributed by atoms with E-state index in [-0.39, 0.29) is 47.9 Å². The van der Waals surface area contributed by atoms with Crippen LogP contribution in [0.2, 0.25) is 0 Å². The van der Waals surface area contributed by atoms with E-state index in [9.17, 15) is 9.59 Å². The maximum atomic E-state index is 13.4. The standard InChI is InChI=1S/C24H48N2O4/c1-15(2)13-29-23(27)21(25(17(5)6)18(7)8)22(24(28)30-14-16(3)4)26(19(9)10)20(11)12/h15-22H,13-14H2,1-12H3. The van der Waals surface area contributed by atoms with Gasteiger partial charge in [-0.15, -0.1) is 0 Å². The van der Waals surface area contributed by atoms with Gasteiger partial charge in [0.25, 0.3) is 0 Å². The van der Waals surface area contributed by atoms with Crippen LogP contribution in [-0.2, 0) is 19.1 Å². The molecule has 6 nitrogen and oxygen atoms in total. The molecular formula is C24H48N2O4. The summed E-state index contributed by atoms with van der Waals surface area (Å²) in [7, 11) is 0. The van der Waals surface area contributed by atoms with Crippen molar-refractivity contribution in [3.05, 3.63) is 0 Å². The highest BCUT2D eigenvalue weighted by atomic mass is 16.5. The van der Waals surface area contributed by atoms with E-state index in [0.717, 1.165) is 0 Å². The Bertz CT molecular complexity index is 453. The predicted molar refractivity (Wildman–Crippen MR) is 123 cm³/mol. The summed E-state index contributed by atoms with van der Waals surface area (Å²) in [6, 6.07) is -1.25. The SMILES string of the molecule is CC(C)COC(=O)C(C(C(=O)OCC(C)C)N(C(C)C)C(C)C)N(C(C)C)C(C)C. The van der Waals surface area contributed by atoms with E-state index in [1.807, 2.05) is 83.1 Å². The van der Waals surface area contributed by atoms with Crippen LogP contribution in [0.1, 0.15) is 83.1 Å². The van der Waals surface area contributed by atoms with Crippen LogP contribution >= 0.6 is 0 Å². The van der Waals surface area contributed by atoms with E-state index in [2.05, 4.69) is 9.80 Å². The van der Waals surface area contributed by atoms with E-state index >= 15 is 0 Å². The topological polar surface area (TPSA) is 59.1 Å². The molecule has 0 aliphatic heterocycles. The largest absolute Gasteiger partial charge is 0.464 e. The minimum Gasteiger partial charge on any atom is -0.464 e. The lowest BCUT2D eigenvalue weighted by Crippen LogP contribution is -2.65. The van der Waals surface area contributed by atoms with Crippen LogP contribution in [0.4, 0.5) is 0 Å². The third-order valence-corrected chi connectivity index (χ3v) is 4.93. The third kappa shape index (κ3) is 8.93. The second kappa shape index (κ2) is 13.3. The van der Waals surface area contributed by atoms with Gasteiger partial charge < -0.3 is 9.47 Å². The van der Waals surface area contributed by atoms with Gasteiger partial charge in [0.1, 0.15) is 12.1 Å². The van der Waals surface area contributed by atoms with Crippen molar-refractivity contribution < 1.29 is 19.1 Å². The van der Waals surface area contributed by atoms with Gasteiger partial charge in [-0.2, -0.15) is 0 Å². The fourth-order valence-electron chi connectivity index (χ4n) is 3.97. The van der Waals surface area contributed by atoms with Crippen molar-refractivity contribution in [2.24, 2.45) is 11.8 Å². The first-order valence-electron chi connectivity index (χ1n) is 11.6. The maximum absolute atomic E-state index is 13.4. The van der Waals surface area contributed by atoms with Crippen LogP contribution in [0.25, 0.3) is 0 Å². The van der Waals surface area contributed by atoms with Gasteiger partial charge in [-0.25, -0.2) is 0 Å². The highest BCUT2D eigenvalue weighted by molar-refractivity contribution is 5.87. The molecule has 0 aliphatic rings. The van der Waals surface area contributed by atoms with E-state index < -0.39 is 12.1 Å². The Morgan fingerprint density at radius 3 is 0.933 bits per heavy atom. The van der Waals surface area contributed by atoms with Crippen molar-refractivity contribution in [1.82, 2.24) is 9.80 Å². The summed E-state index contributed by atoms with van der Waals surface area (Å²) in [5.41, 5.74) is 0. The first kappa shape index (κ1) is 28.9. The second-order valence-electron chi connectivity index (χ2n) is 10.2. The minimum atomic E-state index is -0.742. The molecule has 0 heterocycles. The molecule has 0 aliphatic carbocycles. The molecule has 0 aromatic heterocycles. The summed E-state index contributed by atoms with van der Waals surface area (Å²) in [5, 5.41) is 0. The average molecular weight is 429 g/mol. The summed E-state index contributed by atoms with van der Waals surface area (Å²) in [4.78, 5) is 31.0. The molecule has 0 aromatic rings. The molecule has 0 spiro atoms. The highest BCUT2D eigenvalue weighted by Crippen LogP contribution is 2.24. The van der Waals surface area contributed by atoms with Crippen LogP contribution in [0.3, 0.4) is 0 Å². The number of hydrogen-bond acceptors (Lipinski definition) is 6. The first-order valence-corrected chi connectivity index (χ1v) is 11.6. The quantitative estimate of drug-likeness (QED) is 0.406. The Hall–Kier alpha value is -1.14. The van der Waals surface area contributed by atoms with Gasteiger partial charge in [0.05, 0.1) is 13.2 Å². The molecule has 0 saturated carbocycles. The van der Waals surface area contributed by atoms with Crippen LogP contribution in [-0.4, -0.2) is 71.2 Å². The molecular weight excluding hydrogens is 380 g/mol. The van der Waals surface area contributed by atoms with Crippen LogP contribution in [0, 0.1) is 11.8 Å². The van der Waals surface area contributed by atoms with Crippen LogP contribution in [0.15, 0.2) is 0 Å². The molecule has 2 unspecified atom stereocenters. The summed E-state index contributed by atoms with van der Waals surface area (Å²) in [6.45, 7) is 25.1. The molecule has 178 valence electrons. The van der Waals surface area contributed by atoms with Gasteiger partial charge in [-0.1, -0.05) is 27.7 Å². The van der Waals surface area contributed by atoms with Gasteiger partial charge in [-0.05, 0) is 67.2 Å². The normalized spacial score (nSPS) is 14.7. The molecule has 0 rings (SSSR count). The number of nitrogens with zero attached hydrogens (tertiary/aromatic N) is 2. The molecule has 0 bridgehead atoms. The average Bonchev–Trinajstić information content (AvgIpc) is 2.58. The Morgan fingerprint density at radius 1 is 0.533 bits per heavy atom. The molecule has 0 N–H and O–H groups in total. The van der Waals surface area contributed by atoms with Gasteiger partial charge in [0, 0.05) is 24.2 Å². The van der Waals surface area contributed by atoms with Crippen molar-refractivity contribution in [2.75, 3.05) is 13.2 Å². The smallest absolute Gasteiger partial charge is 0.325 e. The number of carbonyl (C=O) groups is 2. The van der Waals surface area contributed by atoms with Gasteiger partial charge in [0.2, 0.25) is 0 Å². The van der Waals surface area contributed by atoms with E-state index in [0.29, 0.717) is 13.2 Å². The minimum absolute atomic E-state index is 0.0585. The molecule has 0 amide bonds. The van der Waals surface area contributed by atoms with Crippen molar-refractivity contribution in [2.45, 2.75) is 119 Å². The molecule has 30 heavy (non-hydrogen) atoms.